The number of rotatable bonds is 9. The van der Waals surface area contributed by atoms with E-state index in [0.717, 1.165) is 6.61 Å². The van der Waals surface area contributed by atoms with E-state index in [9.17, 15) is 4.39 Å². The molecule has 0 saturated heterocycles. The van der Waals surface area contributed by atoms with E-state index in [1.807, 2.05) is 6.92 Å². The summed E-state index contributed by atoms with van der Waals surface area (Å²) in [6.45, 7) is 8.86. The fourth-order valence-corrected chi connectivity index (χ4v) is 1.81. The molecule has 0 aliphatic carbocycles. The zero-order valence-corrected chi connectivity index (χ0v) is 14.4. The Balaban J connectivity index is 2.21. The zero-order valence-electron chi connectivity index (χ0n) is 14.4. The highest BCUT2D eigenvalue weighted by Gasteiger charge is 2.06. The number of aliphatic imine (C=N–C) groups is 1. The van der Waals surface area contributed by atoms with Crippen molar-refractivity contribution >= 4 is 5.96 Å². The number of guanidine groups is 1. The molecule has 2 N–H and O–H groups in total. The van der Waals surface area contributed by atoms with Crippen molar-refractivity contribution in [1.82, 2.24) is 10.6 Å². The monoisotopic (exact) mass is 325 g/mol. The molecule has 0 fully saturated rings. The normalized spacial score (nSPS) is 13.0. The second-order valence-electron chi connectivity index (χ2n) is 5.73. The van der Waals surface area contributed by atoms with Crippen molar-refractivity contribution in [3.05, 3.63) is 30.1 Å². The highest BCUT2D eigenvalue weighted by molar-refractivity contribution is 5.79. The van der Waals surface area contributed by atoms with Gasteiger partial charge in [-0.25, -0.2) is 4.39 Å². The van der Waals surface area contributed by atoms with Crippen molar-refractivity contribution in [3.63, 3.8) is 0 Å². The fourth-order valence-electron chi connectivity index (χ4n) is 1.81. The van der Waals surface area contributed by atoms with E-state index in [1.165, 1.54) is 12.1 Å². The van der Waals surface area contributed by atoms with E-state index in [1.54, 1.807) is 19.2 Å². The first kappa shape index (κ1) is 19.2. The molecule has 0 amide bonds. The van der Waals surface area contributed by atoms with E-state index in [-0.39, 0.29) is 11.9 Å². The van der Waals surface area contributed by atoms with Crippen LogP contribution in [0.25, 0.3) is 0 Å². The molecule has 1 unspecified atom stereocenters. The Morgan fingerprint density at radius 2 is 1.87 bits per heavy atom. The maximum atomic E-state index is 12.8. The fraction of sp³-hybridized carbons (Fsp3) is 0.588. The Morgan fingerprint density at radius 3 is 2.48 bits per heavy atom. The zero-order chi connectivity index (χ0) is 17.1. The van der Waals surface area contributed by atoms with Gasteiger partial charge < -0.3 is 20.1 Å². The third kappa shape index (κ3) is 9.03. The van der Waals surface area contributed by atoms with Crippen LogP contribution in [0.1, 0.15) is 20.8 Å². The molecule has 0 heterocycles. The lowest BCUT2D eigenvalue weighted by Crippen LogP contribution is -2.42. The van der Waals surface area contributed by atoms with Crippen molar-refractivity contribution in [2.45, 2.75) is 26.9 Å². The standard InChI is InChI=1S/C17H28FN3O2/c1-13(2)12-22-10-9-20-17(19-4)21-11-14(3)23-16-7-5-15(18)6-8-16/h5-8,13-14H,9-12H2,1-4H3,(H2,19,20,21). The number of nitrogens with one attached hydrogen (secondary N) is 2. The smallest absolute Gasteiger partial charge is 0.191 e. The summed E-state index contributed by atoms with van der Waals surface area (Å²) in [4.78, 5) is 4.15. The van der Waals surface area contributed by atoms with Gasteiger partial charge in [-0.15, -0.1) is 0 Å². The summed E-state index contributed by atoms with van der Waals surface area (Å²) in [7, 11) is 1.72. The van der Waals surface area contributed by atoms with E-state index in [0.29, 0.717) is 37.3 Å². The van der Waals surface area contributed by atoms with Gasteiger partial charge in [0.15, 0.2) is 5.96 Å². The van der Waals surface area contributed by atoms with Gasteiger partial charge in [-0.05, 0) is 37.1 Å². The van der Waals surface area contributed by atoms with Crippen LogP contribution in [0.3, 0.4) is 0 Å². The average molecular weight is 325 g/mol. The predicted octanol–water partition coefficient (Wildman–Crippen LogP) is 2.43. The van der Waals surface area contributed by atoms with Crippen LogP contribution in [0.4, 0.5) is 4.39 Å². The molecular weight excluding hydrogens is 297 g/mol. The molecule has 1 rings (SSSR count). The first-order valence-electron chi connectivity index (χ1n) is 7.95. The third-order valence-corrected chi connectivity index (χ3v) is 2.92. The Kier molecular flexibility index (Phi) is 9.05. The largest absolute Gasteiger partial charge is 0.489 e. The number of halogens is 1. The van der Waals surface area contributed by atoms with Gasteiger partial charge in [-0.3, -0.25) is 4.99 Å². The van der Waals surface area contributed by atoms with E-state index < -0.39 is 0 Å². The number of nitrogens with zero attached hydrogens (tertiary/aromatic N) is 1. The lowest BCUT2D eigenvalue weighted by molar-refractivity contribution is 0.114. The van der Waals surface area contributed by atoms with Crippen molar-refractivity contribution in [2.75, 3.05) is 33.4 Å². The van der Waals surface area contributed by atoms with Crippen LogP contribution in [0.2, 0.25) is 0 Å². The average Bonchev–Trinajstić information content (AvgIpc) is 2.52. The van der Waals surface area contributed by atoms with E-state index >= 15 is 0 Å². The van der Waals surface area contributed by atoms with Gasteiger partial charge in [-0.1, -0.05) is 13.8 Å². The Bertz CT molecular complexity index is 463. The number of hydrogen-bond acceptors (Lipinski definition) is 3. The first-order chi connectivity index (χ1) is 11.0. The molecule has 0 aromatic heterocycles. The summed E-state index contributed by atoms with van der Waals surface area (Å²) in [5, 5.41) is 6.36. The SMILES string of the molecule is CN=C(NCCOCC(C)C)NCC(C)Oc1ccc(F)cc1. The first-order valence-corrected chi connectivity index (χ1v) is 7.95. The quantitative estimate of drug-likeness (QED) is 0.416. The summed E-state index contributed by atoms with van der Waals surface area (Å²) in [5.74, 6) is 1.61. The summed E-state index contributed by atoms with van der Waals surface area (Å²) >= 11 is 0. The molecule has 0 aliphatic rings. The topological polar surface area (TPSA) is 54.9 Å². The molecule has 1 atom stereocenters. The lowest BCUT2D eigenvalue weighted by Gasteiger charge is -2.18. The summed E-state index contributed by atoms with van der Waals surface area (Å²) in [6, 6.07) is 6.00. The Morgan fingerprint density at radius 1 is 1.17 bits per heavy atom. The van der Waals surface area contributed by atoms with Gasteiger partial charge in [0, 0.05) is 20.2 Å². The molecule has 0 radical (unpaired) electrons. The second-order valence-corrected chi connectivity index (χ2v) is 5.73. The molecule has 0 bridgehead atoms. The molecular formula is C17H28FN3O2. The minimum atomic E-state index is -0.271. The molecule has 1 aromatic carbocycles. The molecule has 5 nitrogen and oxygen atoms in total. The molecule has 1 aromatic rings. The summed E-state index contributed by atoms with van der Waals surface area (Å²) in [6.07, 6.45) is -0.0730. The van der Waals surface area contributed by atoms with Crippen molar-refractivity contribution < 1.29 is 13.9 Å². The van der Waals surface area contributed by atoms with Gasteiger partial charge in [0.25, 0.3) is 0 Å². The predicted molar refractivity (Wildman–Crippen MR) is 91.5 cm³/mol. The minimum Gasteiger partial charge on any atom is -0.489 e. The summed E-state index contributed by atoms with van der Waals surface area (Å²) < 4.78 is 24.0. The molecule has 6 heteroatoms. The van der Waals surface area contributed by atoms with Crippen molar-refractivity contribution in [1.29, 1.82) is 0 Å². The van der Waals surface area contributed by atoms with Gasteiger partial charge in [0.2, 0.25) is 0 Å². The highest BCUT2D eigenvalue weighted by Crippen LogP contribution is 2.12. The van der Waals surface area contributed by atoms with E-state index in [4.69, 9.17) is 9.47 Å². The van der Waals surface area contributed by atoms with Crippen LogP contribution in [0.5, 0.6) is 5.75 Å². The Hall–Kier alpha value is -1.82. The van der Waals surface area contributed by atoms with Gasteiger partial charge in [0.05, 0.1) is 13.2 Å². The van der Waals surface area contributed by atoms with Crippen LogP contribution in [-0.2, 0) is 4.74 Å². The number of hydrogen-bond donors (Lipinski definition) is 2. The van der Waals surface area contributed by atoms with Crippen LogP contribution in [0.15, 0.2) is 29.3 Å². The maximum Gasteiger partial charge on any atom is 0.191 e. The Labute approximate surface area is 138 Å². The summed E-state index contributed by atoms with van der Waals surface area (Å²) in [5.41, 5.74) is 0. The van der Waals surface area contributed by atoms with Crippen LogP contribution < -0.4 is 15.4 Å². The van der Waals surface area contributed by atoms with Crippen LogP contribution >= 0.6 is 0 Å². The van der Waals surface area contributed by atoms with Crippen molar-refractivity contribution in [3.8, 4) is 5.75 Å². The van der Waals surface area contributed by atoms with Gasteiger partial charge >= 0.3 is 0 Å². The van der Waals surface area contributed by atoms with Gasteiger partial charge in [-0.2, -0.15) is 0 Å². The molecule has 23 heavy (non-hydrogen) atoms. The van der Waals surface area contributed by atoms with Crippen LogP contribution in [0, 0.1) is 11.7 Å². The van der Waals surface area contributed by atoms with Crippen LogP contribution in [-0.4, -0.2) is 45.4 Å². The second kappa shape index (κ2) is 10.8. The molecule has 0 aliphatic heterocycles. The van der Waals surface area contributed by atoms with E-state index in [2.05, 4.69) is 29.5 Å². The van der Waals surface area contributed by atoms with Gasteiger partial charge in [0.1, 0.15) is 17.7 Å². The highest BCUT2D eigenvalue weighted by atomic mass is 19.1. The lowest BCUT2D eigenvalue weighted by atomic mass is 10.2. The molecule has 0 spiro atoms. The maximum absolute atomic E-state index is 12.8. The number of benzene rings is 1. The minimum absolute atomic E-state index is 0.0730. The third-order valence-electron chi connectivity index (χ3n) is 2.92. The van der Waals surface area contributed by atoms with Crippen molar-refractivity contribution in [2.24, 2.45) is 10.9 Å². The molecule has 0 saturated carbocycles. The number of ether oxygens (including phenoxy) is 2. The molecule has 130 valence electrons.